The van der Waals surface area contributed by atoms with Gasteiger partial charge in [0.2, 0.25) is 5.91 Å². The highest BCUT2D eigenvalue weighted by atomic mass is 16.5. The molecular weight excluding hydrogens is 220 g/mol. The second-order valence-corrected chi connectivity index (χ2v) is 3.51. The van der Waals surface area contributed by atoms with Crippen molar-refractivity contribution in [2.24, 2.45) is 5.73 Å². The SMILES string of the molecule is COc1ccc(NC(=O)CCCN)cc1OC. The first kappa shape index (κ1) is 13.3. The van der Waals surface area contributed by atoms with E-state index in [2.05, 4.69) is 5.32 Å². The van der Waals surface area contributed by atoms with Crippen LogP contribution in [-0.2, 0) is 4.79 Å². The molecule has 0 saturated carbocycles. The number of nitrogens with two attached hydrogens (primary N) is 1. The van der Waals surface area contributed by atoms with Gasteiger partial charge in [0.05, 0.1) is 14.2 Å². The number of anilines is 1. The second-order valence-electron chi connectivity index (χ2n) is 3.51. The average molecular weight is 238 g/mol. The van der Waals surface area contributed by atoms with Gasteiger partial charge in [0, 0.05) is 18.2 Å². The van der Waals surface area contributed by atoms with Gasteiger partial charge in [0.25, 0.3) is 0 Å². The van der Waals surface area contributed by atoms with Crippen LogP contribution in [0.4, 0.5) is 5.69 Å². The number of benzene rings is 1. The monoisotopic (exact) mass is 238 g/mol. The number of rotatable bonds is 6. The molecule has 0 saturated heterocycles. The molecule has 0 spiro atoms. The summed E-state index contributed by atoms with van der Waals surface area (Å²) in [6, 6.07) is 5.23. The van der Waals surface area contributed by atoms with E-state index in [1.165, 1.54) is 0 Å². The van der Waals surface area contributed by atoms with Crippen LogP contribution >= 0.6 is 0 Å². The lowest BCUT2D eigenvalue weighted by Crippen LogP contribution is -2.13. The summed E-state index contributed by atoms with van der Waals surface area (Å²) in [5.74, 6) is 1.17. The van der Waals surface area contributed by atoms with Gasteiger partial charge in [-0.3, -0.25) is 4.79 Å². The predicted octanol–water partition coefficient (Wildman–Crippen LogP) is 1.38. The number of carbonyl (C=O) groups is 1. The molecule has 5 nitrogen and oxygen atoms in total. The van der Waals surface area contributed by atoms with Crippen molar-refractivity contribution < 1.29 is 14.3 Å². The van der Waals surface area contributed by atoms with Gasteiger partial charge in [-0.1, -0.05) is 0 Å². The summed E-state index contributed by atoms with van der Waals surface area (Å²) in [6.45, 7) is 0.513. The van der Waals surface area contributed by atoms with Crippen LogP contribution in [0.1, 0.15) is 12.8 Å². The van der Waals surface area contributed by atoms with Crippen molar-refractivity contribution in [3.63, 3.8) is 0 Å². The van der Waals surface area contributed by atoms with Crippen molar-refractivity contribution in [1.82, 2.24) is 0 Å². The fraction of sp³-hybridized carbons (Fsp3) is 0.417. The number of nitrogens with one attached hydrogen (secondary N) is 1. The van der Waals surface area contributed by atoms with Crippen LogP contribution in [0.5, 0.6) is 11.5 Å². The zero-order chi connectivity index (χ0) is 12.7. The molecule has 1 aromatic carbocycles. The summed E-state index contributed by atoms with van der Waals surface area (Å²) in [4.78, 5) is 11.5. The topological polar surface area (TPSA) is 73.6 Å². The minimum Gasteiger partial charge on any atom is -0.493 e. The summed E-state index contributed by atoms with van der Waals surface area (Å²) in [7, 11) is 3.12. The molecule has 1 aromatic rings. The van der Waals surface area contributed by atoms with E-state index < -0.39 is 0 Å². The number of ether oxygens (including phenoxy) is 2. The summed E-state index contributed by atoms with van der Waals surface area (Å²) in [6.07, 6.45) is 1.10. The molecule has 0 aliphatic rings. The van der Waals surface area contributed by atoms with E-state index in [-0.39, 0.29) is 5.91 Å². The minimum absolute atomic E-state index is 0.0531. The first-order valence-corrected chi connectivity index (χ1v) is 5.43. The Morgan fingerprint density at radius 1 is 1.29 bits per heavy atom. The smallest absolute Gasteiger partial charge is 0.224 e. The maximum absolute atomic E-state index is 11.5. The van der Waals surface area contributed by atoms with E-state index in [1.807, 2.05) is 0 Å². The largest absolute Gasteiger partial charge is 0.493 e. The van der Waals surface area contributed by atoms with Gasteiger partial charge in [-0.15, -0.1) is 0 Å². The van der Waals surface area contributed by atoms with E-state index in [9.17, 15) is 4.79 Å². The van der Waals surface area contributed by atoms with Gasteiger partial charge in [0.15, 0.2) is 11.5 Å². The standard InChI is InChI=1S/C12H18N2O3/c1-16-10-6-5-9(8-11(10)17-2)14-12(15)4-3-7-13/h5-6,8H,3-4,7,13H2,1-2H3,(H,14,15). The Balaban J connectivity index is 2.68. The lowest BCUT2D eigenvalue weighted by atomic mass is 10.2. The van der Waals surface area contributed by atoms with Gasteiger partial charge >= 0.3 is 0 Å². The predicted molar refractivity (Wildman–Crippen MR) is 66.5 cm³/mol. The molecule has 5 heteroatoms. The number of carbonyl (C=O) groups excluding carboxylic acids is 1. The zero-order valence-electron chi connectivity index (χ0n) is 10.2. The highest BCUT2D eigenvalue weighted by Crippen LogP contribution is 2.29. The summed E-state index contributed by atoms with van der Waals surface area (Å²) < 4.78 is 10.3. The van der Waals surface area contributed by atoms with Crippen LogP contribution in [0.25, 0.3) is 0 Å². The number of amides is 1. The van der Waals surface area contributed by atoms with E-state index in [1.54, 1.807) is 32.4 Å². The van der Waals surface area contributed by atoms with Crippen molar-refractivity contribution in [3.8, 4) is 11.5 Å². The molecule has 17 heavy (non-hydrogen) atoms. The highest BCUT2D eigenvalue weighted by Gasteiger charge is 2.06. The molecule has 0 aliphatic heterocycles. The highest BCUT2D eigenvalue weighted by molar-refractivity contribution is 5.91. The van der Waals surface area contributed by atoms with Crippen molar-refractivity contribution in [1.29, 1.82) is 0 Å². The van der Waals surface area contributed by atoms with E-state index in [4.69, 9.17) is 15.2 Å². The van der Waals surface area contributed by atoms with E-state index >= 15 is 0 Å². The lowest BCUT2D eigenvalue weighted by molar-refractivity contribution is -0.116. The molecule has 1 amide bonds. The van der Waals surface area contributed by atoms with Crippen LogP contribution in [0.15, 0.2) is 18.2 Å². The third kappa shape index (κ3) is 3.96. The lowest BCUT2D eigenvalue weighted by Gasteiger charge is -2.10. The number of hydrogen-bond donors (Lipinski definition) is 2. The normalized spacial score (nSPS) is 9.82. The molecule has 0 bridgehead atoms. The summed E-state index contributed by atoms with van der Waals surface area (Å²) in [5, 5.41) is 2.77. The van der Waals surface area contributed by atoms with Gasteiger partial charge in [-0.05, 0) is 25.1 Å². The Labute approximate surface area is 101 Å². The Hall–Kier alpha value is -1.75. The number of methoxy groups -OCH3 is 2. The first-order valence-electron chi connectivity index (χ1n) is 5.43. The molecule has 0 unspecified atom stereocenters. The van der Waals surface area contributed by atoms with Crippen molar-refractivity contribution >= 4 is 11.6 Å². The summed E-state index contributed by atoms with van der Waals surface area (Å²) in [5.41, 5.74) is 6.02. The minimum atomic E-state index is -0.0531. The van der Waals surface area contributed by atoms with Crippen LogP contribution in [0.2, 0.25) is 0 Å². The molecule has 0 fully saturated rings. The van der Waals surface area contributed by atoms with Crippen molar-refractivity contribution in [2.75, 3.05) is 26.1 Å². The number of hydrogen-bond acceptors (Lipinski definition) is 4. The van der Waals surface area contributed by atoms with Crippen molar-refractivity contribution in [2.45, 2.75) is 12.8 Å². The molecule has 0 aliphatic carbocycles. The van der Waals surface area contributed by atoms with Crippen LogP contribution in [0, 0.1) is 0 Å². The third-order valence-corrected chi connectivity index (χ3v) is 2.28. The van der Waals surface area contributed by atoms with Gasteiger partial charge in [-0.2, -0.15) is 0 Å². The van der Waals surface area contributed by atoms with Gasteiger partial charge in [0.1, 0.15) is 0 Å². The molecule has 3 N–H and O–H groups in total. The summed E-state index contributed by atoms with van der Waals surface area (Å²) >= 11 is 0. The van der Waals surface area contributed by atoms with Crippen LogP contribution in [-0.4, -0.2) is 26.7 Å². The third-order valence-electron chi connectivity index (χ3n) is 2.28. The Morgan fingerprint density at radius 2 is 2.00 bits per heavy atom. The van der Waals surface area contributed by atoms with Gasteiger partial charge < -0.3 is 20.5 Å². The fourth-order valence-electron chi connectivity index (χ4n) is 1.40. The zero-order valence-corrected chi connectivity index (χ0v) is 10.2. The average Bonchev–Trinajstić information content (AvgIpc) is 2.36. The molecule has 0 aromatic heterocycles. The Morgan fingerprint density at radius 3 is 2.59 bits per heavy atom. The quantitative estimate of drug-likeness (QED) is 0.785. The molecular formula is C12H18N2O3. The first-order chi connectivity index (χ1) is 8.21. The molecule has 0 radical (unpaired) electrons. The fourth-order valence-corrected chi connectivity index (χ4v) is 1.40. The molecule has 94 valence electrons. The molecule has 0 heterocycles. The van der Waals surface area contributed by atoms with Crippen LogP contribution < -0.4 is 20.5 Å². The van der Waals surface area contributed by atoms with Crippen LogP contribution in [0.3, 0.4) is 0 Å². The van der Waals surface area contributed by atoms with E-state index in [0.29, 0.717) is 36.6 Å². The Kier molecular flexibility index (Phi) is 5.29. The maximum atomic E-state index is 11.5. The maximum Gasteiger partial charge on any atom is 0.224 e. The van der Waals surface area contributed by atoms with E-state index in [0.717, 1.165) is 0 Å². The molecule has 1 rings (SSSR count). The Bertz CT molecular complexity index is 380. The van der Waals surface area contributed by atoms with Gasteiger partial charge in [-0.25, -0.2) is 0 Å². The second kappa shape index (κ2) is 6.75. The molecule has 0 atom stereocenters. The van der Waals surface area contributed by atoms with Crippen molar-refractivity contribution in [3.05, 3.63) is 18.2 Å².